The van der Waals surface area contributed by atoms with Gasteiger partial charge in [0.1, 0.15) is 16.7 Å². The Morgan fingerprint density at radius 1 is 1.42 bits per heavy atom. The number of sulfonamides is 1. The van der Waals surface area contributed by atoms with Crippen LogP contribution in [0.4, 0.5) is 13.2 Å². The molecule has 1 heterocycles. The zero-order valence-corrected chi connectivity index (χ0v) is 10.7. The van der Waals surface area contributed by atoms with Gasteiger partial charge >= 0.3 is 6.18 Å². The number of hydrogen-bond donors (Lipinski definition) is 0. The Bertz CT molecular complexity index is 576. The van der Waals surface area contributed by atoms with Crippen molar-refractivity contribution >= 4 is 10.0 Å². The highest BCUT2D eigenvalue weighted by Crippen LogP contribution is 2.21. The molecule has 5 nitrogen and oxygen atoms in total. The van der Waals surface area contributed by atoms with E-state index in [4.69, 9.17) is 5.26 Å². The third-order valence-corrected chi connectivity index (χ3v) is 4.11. The van der Waals surface area contributed by atoms with Gasteiger partial charge in [-0.05, 0) is 12.1 Å². The van der Waals surface area contributed by atoms with Gasteiger partial charge in [-0.2, -0.15) is 18.4 Å². The number of pyridine rings is 1. The van der Waals surface area contributed by atoms with Crippen molar-refractivity contribution in [3.63, 3.8) is 0 Å². The van der Waals surface area contributed by atoms with Gasteiger partial charge in [0.2, 0.25) is 10.0 Å². The van der Waals surface area contributed by atoms with Gasteiger partial charge in [-0.25, -0.2) is 17.7 Å². The highest BCUT2D eigenvalue weighted by atomic mass is 32.2. The maximum absolute atomic E-state index is 12.0. The largest absolute Gasteiger partial charge is 0.390 e. The first-order chi connectivity index (χ1) is 8.66. The fourth-order valence-electron chi connectivity index (χ4n) is 1.18. The average molecular weight is 293 g/mol. The molecule has 0 fully saturated rings. The van der Waals surface area contributed by atoms with Crippen molar-refractivity contribution in [1.29, 1.82) is 5.26 Å². The lowest BCUT2D eigenvalue weighted by Crippen LogP contribution is -2.30. The van der Waals surface area contributed by atoms with Gasteiger partial charge in [0.15, 0.2) is 0 Å². The summed E-state index contributed by atoms with van der Waals surface area (Å²) >= 11 is 0. The quantitative estimate of drug-likeness (QED) is 0.843. The third-order valence-electron chi connectivity index (χ3n) is 2.27. The molecular weight excluding hydrogens is 283 g/mol. The minimum absolute atomic E-state index is 0.0249. The zero-order valence-electron chi connectivity index (χ0n) is 9.85. The van der Waals surface area contributed by atoms with Crippen molar-refractivity contribution in [3.05, 3.63) is 24.0 Å². The van der Waals surface area contributed by atoms with Crippen molar-refractivity contribution in [2.24, 2.45) is 0 Å². The van der Waals surface area contributed by atoms with Crippen LogP contribution in [0.5, 0.6) is 0 Å². The molecule has 1 rings (SSSR count). The highest BCUT2D eigenvalue weighted by Gasteiger charge is 2.30. The second kappa shape index (κ2) is 5.54. The topological polar surface area (TPSA) is 74.1 Å². The Morgan fingerprint density at radius 2 is 2.05 bits per heavy atom. The van der Waals surface area contributed by atoms with Crippen LogP contribution in [0.1, 0.15) is 12.1 Å². The SMILES string of the molecule is CN(CCC(F)(F)F)S(=O)(=O)c1ccc(C#N)nc1. The molecule has 19 heavy (non-hydrogen) atoms. The summed E-state index contributed by atoms with van der Waals surface area (Å²) in [7, 11) is -2.97. The fourth-order valence-corrected chi connectivity index (χ4v) is 2.30. The van der Waals surface area contributed by atoms with E-state index in [1.807, 2.05) is 0 Å². The first kappa shape index (κ1) is 15.4. The molecule has 104 valence electrons. The van der Waals surface area contributed by atoms with Crippen LogP contribution >= 0.6 is 0 Å². The van der Waals surface area contributed by atoms with E-state index in [-0.39, 0.29) is 10.6 Å². The van der Waals surface area contributed by atoms with Gasteiger partial charge in [-0.3, -0.25) is 0 Å². The Balaban J connectivity index is 2.88. The second-order valence-corrected chi connectivity index (χ2v) is 5.73. The summed E-state index contributed by atoms with van der Waals surface area (Å²) in [5.74, 6) is 0. The molecule has 1 aromatic rings. The molecule has 0 aliphatic heterocycles. The molecule has 0 spiro atoms. The first-order valence-corrected chi connectivity index (χ1v) is 6.50. The molecular formula is C10H10F3N3O2S. The van der Waals surface area contributed by atoms with Crippen LogP contribution in [-0.4, -0.2) is 37.5 Å². The van der Waals surface area contributed by atoms with E-state index in [0.717, 1.165) is 19.3 Å². The summed E-state index contributed by atoms with van der Waals surface area (Å²) in [6, 6.07) is 4.03. The van der Waals surface area contributed by atoms with Crippen molar-refractivity contribution in [1.82, 2.24) is 9.29 Å². The van der Waals surface area contributed by atoms with Gasteiger partial charge < -0.3 is 0 Å². The van der Waals surface area contributed by atoms with E-state index in [1.54, 1.807) is 6.07 Å². The molecule has 0 aromatic carbocycles. The summed E-state index contributed by atoms with van der Waals surface area (Å²) in [6.07, 6.45) is -4.71. The lowest BCUT2D eigenvalue weighted by atomic mass is 10.4. The van der Waals surface area contributed by atoms with E-state index >= 15 is 0 Å². The molecule has 9 heteroatoms. The second-order valence-electron chi connectivity index (χ2n) is 3.68. The highest BCUT2D eigenvalue weighted by molar-refractivity contribution is 7.89. The van der Waals surface area contributed by atoms with Crippen molar-refractivity contribution in [2.75, 3.05) is 13.6 Å². The van der Waals surface area contributed by atoms with Gasteiger partial charge in [0.05, 0.1) is 6.42 Å². The van der Waals surface area contributed by atoms with E-state index in [1.165, 1.54) is 6.07 Å². The van der Waals surface area contributed by atoms with Crippen molar-refractivity contribution in [2.45, 2.75) is 17.5 Å². The normalized spacial score (nSPS) is 12.4. The smallest absolute Gasteiger partial charge is 0.244 e. The van der Waals surface area contributed by atoms with Crippen LogP contribution in [-0.2, 0) is 10.0 Å². The average Bonchev–Trinajstić information content (AvgIpc) is 2.35. The maximum atomic E-state index is 12.0. The van der Waals surface area contributed by atoms with Crippen molar-refractivity contribution in [3.8, 4) is 6.07 Å². The Morgan fingerprint density at radius 3 is 2.47 bits per heavy atom. The minimum Gasteiger partial charge on any atom is -0.244 e. The molecule has 0 bridgehead atoms. The van der Waals surface area contributed by atoms with Crippen molar-refractivity contribution < 1.29 is 21.6 Å². The molecule has 1 aromatic heterocycles. The van der Waals surface area contributed by atoms with E-state index < -0.39 is 29.2 Å². The molecule has 0 aliphatic rings. The van der Waals surface area contributed by atoms with Crippen LogP contribution in [0.2, 0.25) is 0 Å². The first-order valence-electron chi connectivity index (χ1n) is 5.06. The Hall–Kier alpha value is -1.66. The summed E-state index contributed by atoms with van der Waals surface area (Å²) < 4.78 is 60.5. The Labute approximate surface area is 108 Å². The molecule has 0 radical (unpaired) electrons. The van der Waals surface area contributed by atoms with E-state index in [0.29, 0.717) is 4.31 Å². The predicted octanol–water partition coefficient (Wildman–Crippen LogP) is 1.53. The summed E-state index contributed by atoms with van der Waals surface area (Å²) in [5.41, 5.74) is 0.0249. The number of nitriles is 1. The standard InChI is InChI=1S/C10H10F3N3O2S/c1-16(5-4-10(11,12)13)19(17,18)9-3-2-8(6-14)15-7-9/h2-3,7H,4-5H2,1H3. The monoisotopic (exact) mass is 293 g/mol. The summed E-state index contributed by atoms with van der Waals surface area (Å²) in [6.45, 7) is -0.675. The fraction of sp³-hybridized carbons (Fsp3) is 0.400. The molecule has 0 amide bonds. The minimum atomic E-state index is -4.42. The third kappa shape index (κ3) is 4.18. The number of hydrogen-bond acceptors (Lipinski definition) is 4. The van der Waals surface area contributed by atoms with Crippen LogP contribution in [0.3, 0.4) is 0 Å². The van der Waals surface area contributed by atoms with Gasteiger partial charge in [-0.15, -0.1) is 0 Å². The maximum Gasteiger partial charge on any atom is 0.390 e. The molecule has 0 unspecified atom stereocenters. The number of halogens is 3. The summed E-state index contributed by atoms with van der Waals surface area (Å²) in [5, 5.41) is 8.52. The van der Waals surface area contributed by atoms with Gasteiger partial charge in [-0.1, -0.05) is 0 Å². The lowest BCUT2D eigenvalue weighted by molar-refractivity contribution is -0.135. The lowest BCUT2D eigenvalue weighted by Gasteiger charge is -2.17. The molecule has 0 aliphatic carbocycles. The van der Waals surface area contributed by atoms with Crippen LogP contribution in [0.15, 0.2) is 23.2 Å². The molecule has 0 N–H and O–H groups in total. The van der Waals surface area contributed by atoms with Crippen LogP contribution < -0.4 is 0 Å². The number of nitrogens with zero attached hydrogens (tertiary/aromatic N) is 3. The van der Waals surface area contributed by atoms with Gasteiger partial charge in [0.25, 0.3) is 0 Å². The molecule has 0 atom stereocenters. The van der Waals surface area contributed by atoms with Crippen LogP contribution in [0, 0.1) is 11.3 Å². The predicted molar refractivity (Wildman–Crippen MR) is 59.4 cm³/mol. The number of rotatable bonds is 4. The van der Waals surface area contributed by atoms with Crippen LogP contribution in [0.25, 0.3) is 0 Å². The summed E-state index contributed by atoms with van der Waals surface area (Å²) in [4.78, 5) is 3.31. The molecule has 0 saturated carbocycles. The number of aromatic nitrogens is 1. The zero-order chi connectivity index (χ0) is 14.7. The van der Waals surface area contributed by atoms with E-state index in [9.17, 15) is 21.6 Å². The van der Waals surface area contributed by atoms with Gasteiger partial charge in [0, 0.05) is 19.8 Å². The number of alkyl halides is 3. The van der Waals surface area contributed by atoms with E-state index in [2.05, 4.69) is 4.98 Å². The molecule has 0 saturated heterocycles. The Kier molecular flexibility index (Phi) is 4.49.